The number of hydrogen-bond donors (Lipinski definition) is 0. The largest absolute Gasteiger partial charge is 0.342 e. The monoisotopic (exact) mass is 157 g/mol. The lowest BCUT2D eigenvalue weighted by Crippen LogP contribution is -2.34. The van der Waals surface area contributed by atoms with Gasteiger partial charge in [-0.1, -0.05) is 13.8 Å². The average molecular weight is 157 g/mol. The molecule has 0 saturated heterocycles. The van der Waals surface area contributed by atoms with Crippen LogP contribution in [0.25, 0.3) is 0 Å². The number of rotatable bonds is 5. The molecule has 0 fully saturated rings. The Morgan fingerprint density at radius 3 is 2.00 bits per heavy atom. The Balaban J connectivity index is 3.76. The second-order valence-corrected chi connectivity index (χ2v) is 2.56. The van der Waals surface area contributed by atoms with Crippen molar-refractivity contribution < 1.29 is 4.79 Å². The summed E-state index contributed by atoms with van der Waals surface area (Å²) in [5, 5.41) is 0. The molecule has 0 heterocycles. The van der Waals surface area contributed by atoms with E-state index in [0.29, 0.717) is 0 Å². The van der Waals surface area contributed by atoms with Gasteiger partial charge in [0.1, 0.15) is 0 Å². The van der Waals surface area contributed by atoms with Gasteiger partial charge in [0.05, 0.1) is 6.54 Å². The molecule has 3 heteroatoms. The van der Waals surface area contributed by atoms with Crippen LogP contribution in [-0.4, -0.2) is 30.4 Å². The van der Waals surface area contributed by atoms with Gasteiger partial charge in [-0.3, -0.25) is 4.79 Å². The molecule has 0 unspecified atom stereocenters. The van der Waals surface area contributed by atoms with Gasteiger partial charge >= 0.3 is 0 Å². The Morgan fingerprint density at radius 1 is 1.27 bits per heavy atom. The fourth-order valence-corrected chi connectivity index (χ4v) is 1.01. The molecule has 0 saturated carbocycles. The highest BCUT2D eigenvalue weighted by Crippen LogP contribution is 1.93. The molecule has 3 nitrogen and oxygen atoms in total. The van der Waals surface area contributed by atoms with Crippen molar-refractivity contribution in [1.29, 1.82) is 0 Å². The van der Waals surface area contributed by atoms with Gasteiger partial charge in [0.25, 0.3) is 0 Å². The smallest absolute Gasteiger partial charge is 0.237 e. The molecule has 0 aromatic heterocycles. The Bertz CT molecular complexity index is 109. The minimum Gasteiger partial charge on any atom is -0.342 e. The van der Waals surface area contributed by atoms with Crippen LogP contribution in [0.2, 0.25) is 0 Å². The van der Waals surface area contributed by atoms with Crippen LogP contribution in [0.1, 0.15) is 26.7 Å². The van der Waals surface area contributed by atoms with Crippen molar-refractivity contribution in [2.75, 3.05) is 19.6 Å². The molecule has 0 aromatic carbocycles. The molecule has 0 aliphatic heterocycles. The molecule has 1 radical (unpaired) electrons. The zero-order valence-corrected chi connectivity index (χ0v) is 7.39. The highest BCUT2D eigenvalue weighted by Gasteiger charge is 2.08. The van der Waals surface area contributed by atoms with Crippen molar-refractivity contribution in [3.05, 3.63) is 0 Å². The van der Waals surface area contributed by atoms with E-state index in [-0.39, 0.29) is 12.5 Å². The van der Waals surface area contributed by atoms with Gasteiger partial charge in [-0.05, 0) is 12.8 Å². The molecule has 0 atom stereocenters. The third kappa shape index (κ3) is 3.98. The van der Waals surface area contributed by atoms with Crippen LogP contribution in [0, 0.1) is 0 Å². The zero-order valence-electron chi connectivity index (χ0n) is 7.39. The third-order valence-electron chi connectivity index (χ3n) is 1.49. The van der Waals surface area contributed by atoms with E-state index in [1.807, 2.05) is 13.8 Å². The predicted octanol–water partition coefficient (Wildman–Crippen LogP) is 0.918. The van der Waals surface area contributed by atoms with Crippen LogP contribution in [0.3, 0.4) is 0 Å². The van der Waals surface area contributed by atoms with Crippen molar-refractivity contribution in [2.45, 2.75) is 26.7 Å². The van der Waals surface area contributed by atoms with E-state index < -0.39 is 0 Å². The van der Waals surface area contributed by atoms with Crippen LogP contribution in [0.5, 0.6) is 0 Å². The first-order valence-corrected chi connectivity index (χ1v) is 4.18. The number of carbonyl (C=O) groups excluding carboxylic acids is 1. The molecule has 1 amide bonds. The van der Waals surface area contributed by atoms with E-state index in [1.54, 1.807) is 4.90 Å². The van der Waals surface area contributed by atoms with Gasteiger partial charge in [-0.2, -0.15) is 0 Å². The second-order valence-electron chi connectivity index (χ2n) is 2.56. The summed E-state index contributed by atoms with van der Waals surface area (Å²) in [5.74, 6) is -0.0475. The predicted molar refractivity (Wildman–Crippen MR) is 45.1 cm³/mol. The van der Waals surface area contributed by atoms with Crippen molar-refractivity contribution in [1.82, 2.24) is 10.6 Å². The molecule has 65 valence electrons. The first-order valence-electron chi connectivity index (χ1n) is 4.18. The molecule has 11 heavy (non-hydrogen) atoms. The molecule has 0 aliphatic rings. The molecular weight excluding hydrogens is 140 g/mol. The van der Waals surface area contributed by atoms with Gasteiger partial charge in [-0.25, -0.2) is 5.73 Å². The van der Waals surface area contributed by atoms with Crippen LogP contribution in [0.15, 0.2) is 0 Å². The maximum atomic E-state index is 11.0. The lowest BCUT2D eigenvalue weighted by molar-refractivity contribution is -0.129. The summed E-state index contributed by atoms with van der Waals surface area (Å²) in [4.78, 5) is 12.8. The Hall–Kier alpha value is -0.570. The Morgan fingerprint density at radius 2 is 1.73 bits per heavy atom. The molecule has 0 aliphatic carbocycles. The fraction of sp³-hybridized carbons (Fsp3) is 0.875. The summed E-state index contributed by atoms with van der Waals surface area (Å²) in [6, 6.07) is 0. The highest BCUT2D eigenvalue weighted by atomic mass is 16.2. The van der Waals surface area contributed by atoms with Crippen LogP contribution >= 0.6 is 0 Å². The van der Waals surface area contributed by atoms with Gasteiger partial charge < -0.3 is 4.90 Å². The first-order chi connectivity index (χ1) is 5.26. The molecular formula is C8H17N2O. The molecule has 0 spiro atoms. The topological polar surface area (TPSA) is 44.1 Å². The van der Waals surface area contributed by atoms with E-state index in [2.05, 4.69) is 0 Å². The quantitative estimate of drug-likeness (QED) is 0.585. The van der Waals surface area contributed by atoms with Crippen LogP contribution < -0.4 is 5.73 Å². The zero-order chi connectivity index (χ0) is 8.69. The Labute approximate surface area is 68.6 Å². The van der Waals surface area contributed by atoms with Crippen molar-refractivity contribution in [3.8, 4) is 0 Å². The fourth-order valence-electron chi connectivity index (χ4n) is 1.01. The van der Waals surface area contributed by atoms with Crippen molar-refractivity contribution >= 4 is 5.91 Å². The number of amides is 1. The standard InChI is InChI=1S/C8H17N2O/c1-3-5-10(6-4-2)8(11)7-9/h9H,3-7H2,1-2H3. The van der Waals surface area contributed by atoms with Crippen molar-refractivity contribution in [3.63, 3.8) is 0 Å². The van der Waals surface area contributed by atoms with Gasteiger partial charge in [0.2, 0.25) is 5.91 Å². The summed E-state index contributed by atoms with van der Waals surface area (Å²) < 4.78 is 0. The number of carbonyl (C=O) groups is 1. The first kappa shape index (κ1) is 10.4. The summed E-state index contributed by atoms with van der Waals surface area (Å²) in [6.45, 7) is 5.57. The van der Waals surface area contributed by atoms with Gasteiger partial charge in [0, 0.05) is 13.1 Å². The number of hydrogen-bond acceptors (Lipinski definition) is 1. The van der Waals surface area contributed by atoms with E-state index in [4.69, 9.17) is 5.73 Å². The van der Waals surface area contributed by atoms with Crippen LogP contribution in [0.4, 0.5) is 0 Å². The highest BCUT2D eigenvalue weighted by molar-refractivity contribution is 5.77. The second kappa shape index (κ2) is 6.16. The van der Waals surface area contributed by atoms with E-state index in [1.165, 1.54) is 0 Å². The van der Waals surface area contributed by atoms with E-state index in [9.17, 15) is 4.79 Å². The van der Waals surface area contributed by atoms with Crippen LogP contribution in [-0.2, 0) is 4.79 Å². The minimum atomic E-state index is -0.111. The molecule has 0 rings (SSSR count). The summed E-state index contributed by atoms with van der Waals surface area (Å²) in [6.07, 6.45) is 1.96. The summed E-state index contributed by atoms with van der Waals surface area (Å²) in [5.41, 5.74) is 6.90. The lowest BCUT2D eigenvalue weighted by Gasteiger charge is -2.19. The van der Waals surface area contributed by atoms with E-state index in [0.717, 1.165) is 25.9 Å². The van der Waals surface area contributed by atoms with E-state index >= 15 is 0 Å². The number of nitrogens with zero attached hydrogens (tertiary/aromatic N) is 1. The van der Waals surface area contributed by atoms with Gasteiger partial charge in [0.15, 0.2) is 0 Å². The number of nitrogens with one attached hydrogen (secondary N) is 1. The lowest BCUT2D eigenvalue weighted by atomic mass is 10.3. The molecule has 0 aromatic rings. The van der Waals surface area contributed by atoms with Crippen molar-refractivity contribution in [2.24, 2.45) is 0 Å². The molecule has 0 bridgehead atoms. The summed E-state index contributed by atoms with van der Waals surface area (Å²) in [7, 11) is 0. The minimum absolute atomic E-state index is 0.0475. The third-order valence-corrected chi connectivity index (χ3v) is 1.49. The normalized spacial score (nSPS) is 9.73. The summed E-state index contributed by atoms with van der Waals surface area (Å²) >= 11 is 0. The average Bonchev–Trinajstić information content (AvgIpc) is 2.03. The Kier molecular flexibility index (Phi) is 5.84. The SMILES string of the molecule is CCCN(CCC)C(=O)C[NH]. The maximum Gasteiger partial charge on any atom is 0.237 e. The maximum absolute atomic E-state index is 11.0. The van der Waals surface area contributed by atoms with Gasteiger partial charge in [-0.15, -0.1) is 0 Å². The molecule has 1 N–H and O–H groups in total.